The van der Waals surface area contributed by atoms with Gasteiger partial charge in [0.2, 0.25) is 5.92 Å². The van der Waals surface area contributed by atoms with E-state index in [1.165, 1.54) is 13.3 Å². The van der Waals surface area contributed by atoms with Crippen LogP contribution in [0.1, 0.15) is 41.2 Å². The molecule has 0 aliphatic heterocycles. The highest BCUT2D eigenvalue weighted by atomic mass is 19.3. The molecule has 1 heterocycles. The maximum absolute atomic E-state index is 13.4. The van der Waals surface area contributed by atoms with E-state index in [0.717, 1.165) is 21.5 Å². The number of rotatable bonds is 5. The van der Waals surface area contributed by atoms with Gasteiger partial charge in [-0.15, -0.1) is 5.10 Å². The number of methoxy groups -OCH3 is 1. The van der Waals surface area contributed by atoms with E-state index in [2.05, 4.69) is 15.0 Å². The van der Waals surface area contributed by atoms with Crippen LogP contribution in [-0.4, -0.2) is 34.2 Å². The Labute approximate surface area is 166 Å². The summed E-state index contributed by atoms with van der Waals surface area (Å²) >= 11 is 0. The smallest absolute Gasteiger partial charge is 0.360 e. The van der Waals surface area contributed by atoms with Crippen molar-refractivity contribution in [3.05, 3.63) is 66.0 Å². The van der Waals surface area contributed by atoms with Crippen molar-refractivity contribution in [2.75, 3.05) is 7.11 Å². The normalized spacial score (nSPS) is 17.8. The van der Waals surface area contributed by atoms with Crippen molar-refractivity contribution in [3.63, 3.8) is 0 Å². The van der Waals surface area contributed by atoms with E-state index in [1.807, 2.05) is 36.4 Å². The molecule has 0 bridgehead atoms. The number of carbonyl (C=O) groups is 1. The molecule has 1 aliphatic rings. The maximum atomic E-state index is 13.4. The third-order valence-electron chi connectivity index (χ3n) is 5.04. The highest BCUT2D eigenvalue weighted by Crippen LogP contribution is 2.44. The number of carbonyl (C=O) groups excluding carboxylic acids is 1. The second-order valence-corrected chi connectivity index (χ2v) is 7.03. The summed E-state index contributed by atoms with van der Waals surface area (Å²) in [5.41, 5.74) is 2.95. The predicted octanol–water partition coefficient (Wildman–Crippen LogP) is 4.48. The Balaban J connectivity index is 1.42. The molecule has 4 rings (SSSR count). The van der Waals surface area contributed by atoms with Crippen molar-refractivity contribution in [1.29, 1.82) is 0 Å². The van der Waals surface area contributed by atoms with Crippen molar-refractivity contribution in [2.24, 2.45) is 0 Å². The zero-order chi connectivity index (χ0) is 20.4. The molecule has 1 unspecified atom stereocenters. The first kappa shape index (κ1) is 19.0. The Morgan fingerprint density at radius 1 is 1.10 bits per heavy atom. The van der Waals surface area contributed by atoms with Gasteiger partial charge >= 0.3 is 5.97 Å². The molecule has 0 N–H and O–H groups in total. The fraction of sp³-hybridized carbons (Fsp3) is 0.286. The maximum Gasteiger partial charge on any atom is 0.360 e. The molecule has 0 saturated heterocycles. The van der Waals surface area contributed by atoms with Crippen LogP contribution in [0, 0.1) is 0 Å². The first-order chi connectivity index (χ1) is 13.9. The molecular weight excluding hydrogens is 380 g/mol. The van der Waals surface area contributed by atoms with Crippen LogP contribution >= 0.6 is 0 Å². The minimum absolute atomic E-state index is 0.0340. The summed E-state index contributed by atoms with van der Waals surface area (Å²) in [4.78, 5) is 18.0. The SMILES string of the molecule is COC(=O)c1cn(Oc2ccc(-c3ccc(C4CCC(F)(F)C4)cc3)cc2)nn1. The molecule has 1 saturated carbocycles. The second kappa shape index (κ2) is 7.62. The number of hydrogen-bond acceptors (Lipinski definition) is 5. The highest BCUT2D eigenvalue weighted by molar-refractivity contribution is 5.86. The predicted molar refractivity (Wildman–Crippen MR) is 101 cm³/mol. The molecule has 1 aliphatic carbocycles. The van der Waals surface area contributed by atoms with Crippen LogP contribution in [0.3, 0.4) is 0 Å². The van der Waals surface area contributed by atoms with Crippen molar-refractivity contribution in [2.45, 2.75) is 31.1 Å². The largest absolute Gasteiger partial charge is 0.464 e. The third kappa shape index (κ3) is 4.26. The molecule has 1 fully saturated rings. The van der Waals surface area contributed by atoms with Crippen LogP contribution in [0.2, 0.25) is 0 Å². The van der Waals surface area contributed by atoms with E-state index >= 15 is 0 Å². The van der Waals surface area contributed by atoms with Crippen molar-refractivity contribution in [1.82, 2.24) is 15.2 Å². The summed E-state index contributed by atoms with van der Waals surface area (Å²) in [6.07, 6.45) is 1.75. The fourth-order valence-electron chi connectivity index (χ4n) is 3.49. The van der Waals surface area contributed by atoms with Gasteiger partial charge in [-0.2, -0.15) is 0 Å². The van der Waals surface area contributed by atoms with E-state index in [1.54, 1.807) is 12.1 Å². The highest BCUT2D eigenvalue weighted by Gasteiger charge is 2.39. The summed E-state index contributed by atoms with van der Waals surface area (Å²) in [5.74, 6) is -2.70. The summed E-state index contributed by atoms with van der Waals surface area (Å²) in [5, 5.41) is 7.37. The van der Waals surface area contributed by atoms with Crippen LogP contribution in [-0.2, 0) is 4.74 Å². The molecule has 2 aromatic carbocycles. The molecule has 29 heavy (non-hydrogen) atoms. The molecule has 1 aromatic heterocycles. The van der Waals surface area contributed by atoms with Gasteiger partial charge in [0, 0.05) is 12.8 Å². The van der Waals surface area contributed by atoms with Gasteiger partial charge in [-0.25, -0.2) is 13.6 Å². The lowest BCUT2D eigenvalue weighted by atomic mass is 9.95. The Morgan fingerprint density at radius 2 is 1.76 bits per heavy atom. The number of halogens is 2. The number of alkyl halides is 2. The Kier molecular flexibility index (Phi) is 5.00. The van der Waals surface area contributed by atoms with Gasteiger partial charge in [-0.1, -0.05) is 41.2 Å². The second-order valence-electron chi connectivity index (χ2n) is 7.03. The molecular formula is C21H19F2N3O3. The monoisotopic (exact) mass is 399 g/mol. The van der Waals surface area contributed by atoms with Crippen molar-refractivity contribution >= 4 is 5.97 Å². The summed E-state index contributed by atoms with van der Waals surface area (Å²) in [6, 6.07) is 15.0. The lowest BCUT2D eigenvalue weighted by Crippen LogP contribution is -2.09. The van der Waals surface area contributed by atoms with Gasteiger partial charge in [0.1, 0.15) is 6.20 Å². The minimum atomic E-state index is -2.54. The molecule has 1 atom stereocenters. The van der Waals surface area contributed by atoms with Gasteiger partial charge in [0.25, 0.3) is 0 Å². The lowest BCUT2D eigenvalue weighted by Gasteiger charge is -2.12. The first-order valence-electron chi connectivity index (χ1n) is 9.21. The van der Waals surface area contributed by atoms with Crippen LogP contribution in [0.5, 0.6) is 5.75 Å². The topological polar surface area (TPSA) is 66.2 Å². The number of hydrogen-bond donors (Lipinski definition) is 0. The molecule has 0 amide bonds. The molecule has 150 valence electrons. The number of esters is 1. The summed E-state index contributed by atoms with van der Waals surface area (Å²) < 4.78 is 31.4. The third-order valence-corrected chi connectivity index (χ3v) is 5.04. The van der Waals surface area contributed by atoms with E-state index in [-0.39, 0.29) is 24.5 Å². The summed E-state index contributed by atoms with van der Waals surface area (Å²) in [6.45, 7) is 0. The molecule has 8 heteroatoms. The van der Waals surface area contributed by atoms with Crippen LogP contribution in [0.25, 0.3) is 11.1 Å². The van der Waals surface area contributed by atoms with Gasteiger partial charge in [0.05, 0.1) is 7.11 Å². The zero-order valence-corrected chi connectivity index (χ0v) is 15.7. The molecule has 0 spiro atoms. The minimum Gasteiger partial charge on any atom is -0.464 e. The van der Waals surface area contributed by atoms with E-state index in [0.29, 0.717) is 12.2 Å². The van der Waals surface area contributed by atoms with Crippen LogP contribution in [0.4, 0.5) is 8.78 Å². The molecule has 3 aromatic rings. The Bertz CT molecular complexity index is 1000. The number of ether oxygens (including phenoxy) is 1. The fourth-order valence-corrected chi connectivity index (χ4v) is 3.49. The van der Waals surface area contributed by atoms with E-state index in [9.17, 15) is 13.6 Å². The van der Waals surface area contributed by atoms with Gasteiger partial charge in [0.15, 0.2) is 11.4 Å². The van der Waals surface area contributed by atoms with Crippen LogP contribution in [0.15, 0.2) is 54.7 Å². The number of benzene rings is 2. The quantitative estimate of drug-likeness (QED) is 0.592. The van der Waals surface area contributed by atoms with E-state index < -0.39 is 11.9 Å². The standard InChI is InChI=1S/C21H19F2N3O3/c1-28-20(27)19-13-26(25-24-19)29-18-8-6-15(7-9-18)14-2-4-16(5-3-14)17-10-11-21(22,23)12-17/h2-9,13,17H,10-12H2,1H3. The van der Waals surface area contributed by atoms with E-state index in [4.69, 9.17) is 4.84 Å². The Morgan fingerprint density at radius 3 is 2.34 bits per heavy atom. The number of aromatic nitrogens is 3. The molecule has 6 nitrogen and oxygen atoms in total. The van der Waals surface area contributed by atoms with Gasteiger partial charge < -0.3 is 9.57 Å². The summed E-state index contributed by atoms with van der Waals surface area (Å²) in [7, 11) is 1.26. The lowest BCUT2D eigenvalue weighted by molar-refractivity contribution is 0.00775. The number of nitrogens with zero attached hydrogens (tertiary/aromatic N) is 3. The Hall–Kier alpha value is -3.29. The van der Waals surface area contributed by atoms with Gasteiger partial charge in [-0.05, 0) is 46.4 Å². The molecule has 0 radical (unpaired) electrons. The van der Waals surface area contributed by atoms with Crippen molar-refractivity contribution < 1.29 is 23.1 Å². The van der Waals surface area contributed by atoms with Gasteiger partial charge in [-0.3, -0.25) is 0 Å². The zero-order valence-electron chi connectivity index (χ0n) is 15.7. The average molecular weight is 399 g/mol. The van der Waals surface area contributed by atoms with Crippen molar-refractivity contribution in [3.8, 4) is 16.9 Å². The average Bonchev–Trinajstić information content (AvgIpc) is 3.34. The van der Waals surface area contributed by atoms with Crippen LogP contribution < -0.4 is 4.84 Å². The first-order valence-corrected chi connectivity index (χ1v) is 9.21.